The molecule has 3 heterocycles. The number of aromatic nitrogens is 2. The minimum absolute atomic E-state index is 0.231. The van der Waals surface area contributed by atoms with Crippen LogP contribution in [-0.2, 0) is 4.74 Å². The van der Waals surface area contributed by atoms with Gasteiger partial charge in [0.25, 0.3) is 0 Å². The molecule has 1 aromatic carbocycles. The molecule has 0 amide bonds. The van der Waals surface area contributed by atoms with Gasteiger partial charge in [0.2, 0.25) is 0 Å². The Bertz CT molecular complexity index is 1110. The number of benzene rings is 1. The van der Waals surface area contributed by atoms with E-state index in [9.17, 15) is 9.90 Å². The van der Waals surface area contributed by atoms with Crippen LogP contribution in [0.4, 0.5) is 5.82 Å². The molecule has 0 saturated carbocycles. The highest BCUT2D eigenvalue weighted by Gasteiger charge is 2.21. The highest BCUT2D eigenvalue weighted by molar-refractivity contribution is 5.90. The molecule has 1 fully saturated rings. The molecular formula is C25H23N3O3. The molecule has 4 rings (SSSR count). The van der Waals surface area contributed by atoms with E-state index in [2.05, 4.69) is 21.7 Å². The number of anilines is 1. The molecule has 0 atom stereocenters. The number of hydrogen-bond donors (Lipinski definition) is 1. The van der Waals surface area contributed by atoms with Crippen LogP contribution in [-0.4, -0.2) is 47.3 Å². The van der Waals surface area contributed by atoms with Gasteiger partial charge in [0.15, 0.2) is 0 Å². The van der Waals surface area contributed by atoms with E-state index in [0.29, 0.717) is 11.5 Å². The van der Waals surface area contributed by atoms with Gasteiger partial charge in [0, 0.05) is 49.3 Å². The molecule has 0 radical (unpaired) electrons. The molecule has 0 spiro atoms. The van der Waals surface area contributed by atoms with E-state index in [1.807, 2.05) is 36.4 Å². The molecule has 31 heavy (non-hydrogen) atoms. The third kappa shape index (κ3) is 5.08. The minimum atomic E-state index is -0.962. The van der Waals surface area contributed by atoms with Crippen LogP contribution in [0.3, 0.4) is 0 Å². The SMILES string of the molecule is COC1CCN(c2cc(C(=O)O)cc(-c3ccc(C#Cc4cccnc4)cc3)n2)CC1. The Hall–Kier alpha value is -3.69. The standard InChI is InChI=1S/C25H23N3O3/c1-31-22-10-13-28(14-11-22)24-16-21(25(29)30)15-23(27-24)20-8-6-18(7-9-20)4-5-19-3-2-12-26-17-19/h2-3,6-9,12,15-17,22H,10-11,13-14H2,1H3,(H,29,30). The van der Waals surface area contributed by atoms with Crippen molar-refractivity contribution < 1.29 is 14.6 Å². The first-order valence-corrected chi connectivity index (χ1v) is 10.2. The highest BCUT2D eigenvalue weighted by atomic mass is 16.5. The second kappa shape index (κ2) is 9.41. The Morgan fingerprint density at radius 2 is 1.84 bits per heavy atom. The number of nitrogens with zero attached hydrogens (tertiary/aromatic N) is 3. The van der Waals surface area contributed by atoms with Crippen molar-refractivity contribution >= 4 is 11.8 Å². The predicted molar refractivity (Wildman–Crippen MR) is 119 cm³/mol. The quantitative estimate of drug-likeness (QED) is 0.655. The fraction of sp³-hybridized carbons (Fsp3) is 0.240. The van der Waals surface area contributed by atoms with E-state index in [-0.39, 0.29) is 11.7 Å². The fourth-order valence-corrected chi connectivity index (χ4v) is 3.58. The van der Waals surface area contributed by atoms with E-state index < -0.39 is 5.97 Å². The first-order valence-electron chi connectivity index (χ1n) is 10.2. The number of carboxylic acid groups (broad SMARTS) is 1. The Balaban J connectivity index is 1.59. The van der Waals surface area contributed by atoms with Crippen LogP contribution >= 0.6 is 0 Å². The van der Waals surface area contributed by atoms with E-state index in [1.54, 1.807) is 31.6 Å². The van der Waals surface area contributed by atoms with Crippen LogP contribution in [0.5, 0.6) is 0 Å². The summed E-state index contributed by atoms with van der Waals surface area (Å²) in [7, 11) is 1.73. The molecule has 0 aliphatic carbocycles. The molecule has 6 nitrogen and oxygen atoms in total. The van der Waals surface area contributed by atoms with Gasteiger partial charge in [-0.25, -0.2) is 9.78 Å². The van der Waals surface area contributed by atoms with Crippen LogP contribution in [0.1, 0.15) is 34.3 Å². The van der Waals surface area contributed by atoms with Gasteiger partial charge in [0.1, 0.15) is 5.82 Å². The fourth-order valence-electron chi connectivity index (χ4n) is 3.58. The average molecular weight is 413 g/mol. The van der Waals surface area contributed by atoms with Gasteiger partial charge in [0.05, 0.1) is 17.4 Å². The number of hydrogen-bond acceptors (Lipinski definition) is 5. The number of aromatic carboxylic acids is 1. The van der Waals surface area contributed by atoms with Crippen LogP contribution in [0.2, 0.25) is 0 Å². The molecule has 3 aromatic rings. The maximum absolute atomic E-state index is 11.7. The first kappa shape index (κ1) is 20.6. The van der Waals surface area contributed by atoms with Gasteiger partial charge in [-0.3, -0.25) is 4.98 Å². The number of pyridine rings is 2. The molecule has 2 aromatic heterocycles. The molecule has 156 valence electrons. The maximum Gasteiger partial charge on any atom is 0.335 e. The Morgan fingerprint density at radius 1 is 1.10 bits per heavy atom. The molecule has 0 unspecified atom stereocenters. The van der Waals surface area contributed by atoms with Crippen molar-refractivity contribution in [1.82, 2.24) is 9.97 Å². The van der Waals surface area contributed by atoms with Gasteiger partial charge >= 0.3 is 5.97 Å². The molecule has 1 aliphatic rings. The van der Waals surface area contributed by atoms with Gasteiger partial charge in [-0.1, -0.05) is 24.0 Å². The summed E-state index contributed by atoms with van der Waals surface area (Å²) in [5, 5.41) is 9.59. The summed E-state index contributed by atoms with van der Waals surface area (Å²) in [5.74, 6) is 5.92. The van der Waals surface area contributed by atoms with E-state index in [4.69, 9.17) is 9.72 Å². The van der Waals surface area contributed by atoms with Gasteiger partial charge in [-0.15, -0.1) is 0 Å². The summed E-state index contributed by atoms with van der Waals surface area (Å²) in [6, 6.07) is 14.7. The second-order valence-electron chi connectivity index (χ2n) is 7.40. The average Bonchev–Trinajstić information content (AvgIpc) is 2.83. The zero-order chi connectivity index (χ0) is 21.6. The number of carboxylic acids is 1. The van der Waals surface area contributed by atoms with Crippen molar-refractivity contribution in [3.8, 4) is 23.1 Å². The Kier molecular flexibility index (Phi) is 6.25. The third-order valence-corrected chi connectivity index (χ3v) is 5.35. The summed E-state index contributed by atoms with van der Waals surface area (Å²) in [6.45, 7) is 1.58. The lowest BCUT2D eigenvalue weighted by Crippen LogP contribution is -2.37. The van der Waals surface area contributed by atoms with Gasteiger partial charge in [-0.05, 0) is 49.2 Å². The van der Waals surface area contributed by atoms with Gasteiger partial charge in [-0.2, -0.15) is 0 Å². The monoisotopic (exact) mass is 413 g/mol. The van der Waals surface area contributed by atoms with Crippen molar-refractivity contribution in [3.63, 3.8) is 0 Å². The highest BCUT2D eigenvalue weighted by Crippen LogP contribution is 2.26. The summed E-state index contributed by atoms with van der Waals surface area (Å²) < 4.78 is 5.43. The topological polar surface area (TPSA) is 75.5 Å². The van der Waals surface area contributed by atoms with Crippen LogP contribution < -0.4 is 4.90 Å². The Labute approximate surface area is 181 Å². The summed E-state index contributed by atoms with van der Waals surface area (Å²) in [6.07, 6.45) is 5.48. The van der Waals surface area contributed by atoms with Crippen molar-refractivity contribution in [2.24, 2.45) is 0 Å². The zero-order valence-corrected chi connectivity index (χ0v) is 17.3. The van der Waals surface area contributed by atoms with Crippen molar-refractivity contribution in [2.45, 2.75) is 18.9 Å². The van der Waals surface area contributed by atoms with Crippen LogP contribution in [0, 0.1) is 11.8 Å². The van der Waals surface area contributed by atoms with Crippen molar-refractivity contribution in [3.05, 3.63) is 77.6 Å². The Morgan fingerprint density at radius 3 is 2.48 bits per heavy atom. The number of carbonyl (C=O) groups is 1. The molecule has 1 aliphatic heterocycles. The number of piperidine rings is 1. The third-order valence-electron chi connectivity index (χ3n) is 5.35. The molecular weight excluding hydrogens is 390 g/mol. The number of ether oxygens (including phenoxy) is 1. The molecule has 6 heteroatoms. The lowest BCUT2D eigenvalue weighted by molar-refractivity contribution is 0.0696. The largest absolute Gasteiger partial charge is 0.478 e. The van der Waals surface area contributed by atoms with Crippen LogP contribution in [0.15, 0.2) is 60.9 Å². The van der Waals surface area contributed by atoms with E-state index >= 15 is 0 Å². The van der Waals surface area contributed by atoms with Gasteiger partial charge < -0.3 is 14.7 Å². The number of methoxy groups -OCH3 is 1. The van der Waals surface area contributed by atoms with Crippen LogP contribution in [0.25, 0.3) is 11.3 Å². The summed E-state index contributed by atoms with van der Waals surface area (Å²) >= 11 is 0. The molecule has 0 bridgehead atoms. The maximum atomic E-state index is 11.7. The summed E-state index contributed by atoms with van der Waals surface area (Å²) in [4.78, 5) is 22.6. The van der Waals surface area contributed by atoms with E-state index in [1.165, 1.54) is 0 Å². The smallest absolute Gasteiger partial charge is 0.335 e. The predicted octanol–water partition coefficient (Wildman–Crippen LogP) is 3.86. The molecule has 1 saturated heterocycles. The normalized spacial score (nSPS) is 14.0. The lowest BCUT2D eigenvalue weighted by Gasteiger charge is -2.32. The number of rotatable bonds is 4. The van der Waals surface area contributed by atoms with Crippen molar-refractivity contribution in [2.75, 3.05) is 25.1 Å². The zero-order valence-electron chi connectivity index (χ0n) is 17.3. The molecule has 1 N–H and O–H groups in total. The minimum Gasteiger partial charge on any atom is -0.478 e. The second-order valence-corrected chi connectivity index (χ2v) is 7.40. The first-order chi connectivity index (χ1) is 15.1. The van der Waals surface area contributed by atoms with Crippen molar-refractivity contribution in [1.29, 1.82) is 0 Å². The summed E-state index contributed by atoms with van der Waals surface area (Å²) in [5.41, 5.74) is 3.43. The van der Waals surface area contributed by atoms with E-state index in [0.717, 1.165) is 42.6 Å². The lowest BCUT2D eigenvalue weighted by atomic mass is 10.1.